The van der Waals surface area contributed by atoms with Crippen LogP contribution >= 0.6 is 11.6 Å². The van der Waals surface area contributed by atoms with Crippen molar-refractivity contribution in [2.45, 2.75) is 20.0 Å². The van der Waals surface area contributed by atoms with Gasteiger partial charge in [0.05, 0.1) is 18.1 Å². The van der Waals surface area contributed by atoms with Crippen LogP contribution in [0.15, 0.2) is 71.5 Å². The summed E-state index contributed by atoms with van der Waals surface area (Å²) >= 11 is 5.94. The van der Waals surface area contributed by atoms with E-state index in [0.717, 1.165) is 17.8 Å². The summed E-state index contributed by atoms with van der Waals surface area (Å²) in [5, 5.41) is 3.79. The number of rotatable bonds is 7. The highest BCUT2D eigenvalue weighted by Crippen LogP contribution is 2.36. The first kappa shape index (κ1) is 19.3. The SMILES string of the molecule is CCOc1c(OCc2ccc(Cl)cc2)cccc1C(=O)C1=CNC2=NC=CCC12. The van der Waals surface area contributed by atoms with Crippen LogP contribution in [0.4, 0.5) is 0 Å². The summed E-state index contributed by atoms with van der Waals surface area (Å²) in [5.41, 5.74) is 2.15. The van der Waals surface area contributed by atoms with Gasteiger partial charge in [0.2, 0.25) is 0 Å². The number of halogens is 1. The van der Waals surface area contributed by atoms with Gasteiger partial charge in [0.25, 0.3) is 0 Å². The van der Waals surface area contributed by atoms with Crippen LogP contribution < -0.4 is 14.8 Å². The molecule has 0 aromatic heterocycles. The number of amidine groups is 1. The number of ketones is 1. The fourth-order valence-electron chi connectivity index (χ4n) is 3.42. The number of benzene rings is 2. The smallest absolute Gasteiger partial charge is 0.195 e. The topological polar surface area (TPSA) is 59.9 Å². The van der Waals surface area contributed by atoms with E-state index < -0.39 is 0 Å². The van der Waals surface area contributed by atoms with E-state index in [1.807, 2.05) is 49.4 Å². The Morgan fingerprint density at radius 2 is 2.03 bits per heavy atom. The first-order chi connectivity index (χ1) is 14.2. The van der Waals surface area contributed by atoms with Crippen LogP contribution in [-0.2, 0) is 6.61 Å². The highest BCUT2D eigenvalue weighted by atomic mass is 35.5. The zero-order chi connectivity index (χ0) is 20.2. The van der Waals surface area contributed by atoms with Crippen LogP contribution in [0.25, 0.3) is 0 Å². The molecule has 1 unspecified atom stereocenters. The quantitative estimate of drug-likeness (QED) is 0.660. The second kappa shape index (κ2) is 8.53. The fraction of sp³-hybridized carbons (Fsp3) is 0.217. The molecular weight excluding hydrogens is 388 g/mol. The van der Waals surface area contributed by atoms with E-state index in [9.17, 15) is 4.79 Å². The van der Waals surface area contributed by atoms with Gasteiger partial charge in [-0.15, -0.1) is 0 Å². The van der Waals surface area contributed by atoms with E-state index in [0.29, 0.717) is 40.9 Å². The number of carbonyl (C=O) groups is 1. The molecule has 0 saturated heterocycles. The number of carbonyl (C=O) groups excluding carboxylic acids is 1. The Balaban J connectivity index is 1.59. The number of Topliss-reactive ketones (excluding diaryl/α,β-unsaturated/α-hetero) is 1. The monoisotopic (exact) mass is 408 g/mol. The number of hydrogen-bond donors (Lipinski definition) is 1. The molecule has 0 spiro atoms. The number of hydrogen-bond acceptors (Lipinski definition) is 5. The summed E-state index contributed by atoms with van der Waals surface area (Å²) in [6, 6.07) is 12.9. The van der Waals surface area contributed by atoms with Crippen molar-refractivity contribution in [1.29, 1.82) is 0 Å². The van der Waals surface area contributed by atoms with Gasteiger partial charge in [0.1, 0.15) is 12.4 Å². The lowest BCUT2D eigenvalue weighted by Gasteiger charge is -2.18. The van der Waals surface area contributed by atoms with Crippen molar-refractivity contribution in [3.05, 3.63) is 82.7 Å². The normalized spacial score (nSPS) is 17.1. The lowest BCUT2D eigenvalue weighted by Crippen LogP contribution is -2.23. The average molecular weight is 409 g/mol. The molecule has 0 saturated carbocycles. The minimum atomic E-state index is -0.0802. The van der Waals surface area contributed by atoms with Gasteiger partial charge < -0.3 is 14.8 Å². The molecule has 29 heavy (non-hydrogen) atoms. The summed E-state index contributed by atoms with van der Waals surface area (Å²) in [5.74, 6) is 1.69. The molecule has 0 bridgehead atoms. The Morgan fingerprint density at radius 3 is 2.83 bits per heavy atom. The maximum atomic E-state index is 13.3. The molecule has 2 aliphatic rings. The zero-order valence-electron chi connectivity index (χ0n) is 16.0. The number of para-hydroxylation sites is 1. The standard InChI is InChI=1S/C23H21ClN2O3/c1-2-28-22-18(21(27)19-13-26-23-17(19)6-4-12-25-23)5-3-7-20(22)29-14-15-8-10-16(24)11-9-15/h3-5,7-13,17H,2,6,14H2,1H3,(H,25,26). The summed E-state index contributed by atoms with van der Waals surface area (Å²) in [7, 11) is 0. The molecule has 0 radical (unpaired) electrons. The number of nitrogens with one attached hydrogen (secondary N) is 1. The van der Waals surface area contributed by atoms with Gasteiger partial charge in [0.15, 0.2) is 17.3 Å². The Bertz CT molecular complexity index is 1010. The summed E-state index contributed by atoms with van der Waals surface area (Å²) in [4.78, 5) is 17.6. The first-order valence-electron chi connectivity index (χ1n) is 9.54. The highest BCUT2D eigenvalue weighted by Gasteiger charge is 2.33. The van der Waals surface area contributed by atoms with Gasteiger partial charge in [-0.3, -0.25) is 4.79 Å². The predicted molar refractivity (Wildman–Crippen MR) is 114 cm³/mol. The third-order valence-electron chi connectivity index (χ3n) is 4.85. The van der Waals surface area contributed by atoms with Gasteiger partial charge in [-0.25, -0.2) is 4.99 Å². The molecular formula is C23H21ClN2O3. The molecule has 0 aliphatic carbocycles. The van der Waals surface area contributed by atoms with Crippen molar-refractivity contribution in [2.24, 2.45) is 10.9 Å². The summed E-state index contributed by atoms with van der Waals surface area (Å²) < 4.78 is 11.8. The van der Waals surface area contributed by atoms with Gasteiger partial charge in [0, 0.05) is 23.0 Å². The lowest BCUT2D eigenvalue weighted by atomic mass is 9.90. The van der Waals surface area contributed by atoms with Gasteiger partial charge in [-0.1, -0.05) is 35.9 Å². The minimum absolute atomic E-state index is 0.0411. The number of fused-ring (bicyclic) bond motifs is 1. The Hall–Kier alpha value is -3.05. The van der Waals surface area contributed by atoms with Gasteiger partial charge in [-0.2, -0.15) is 0 Å². The molecule has 148 valence electrons. The van der Waals surface area contributed by atoms with Crippen molar-refractivity contribution in [3.63, 3.8) is 0 Å². The molecule has 2 aromatic carbocycles. The van der Waals surface area contributed by atoms with Crippen molar-refractivity contribution in [3.8, 4) is 11.5 Å². The molecule has 1 N–H and O–H groups in total. The maximum Gasteiger partial charge on any atom is 0.195 e. The highest BCUT2D eigenvalue weighted by molar-refractivity contribution is 6.30. The van der Waals surface area contributed by atoms with E-state index in [1.165, 1.54) is 0 Å². The number of nitrogens with zero attached hydrogens (tertiary/aromatic N) is 1. The number of ether oxygens (including phenoxy) is 2. The van der Waals surface area contributed by atoms with Crippen LogP contribution in [0.2, 0.25) is 5.02 Å². The first-order valence-corrected chi connectivity index (χ1v) is 9.92. The predicted octanol–water partition coefficient (Wildman–Crippen LogP) is 4.92. The van der Waals surface area contributed by atoms with Crippen LogP contribution in [0, 0.1) is 5.92 Å². The van der Waals surface area contributed by atoms with Crippen LogP contribution in [0.3, 0.4) is 0 Å². The maximum absolute atomic E-state index is 13.3. The van der Waals surface area contributed by atoms with Gasteiger partial charge >= 0.3 is 0 Å². The summed E-state index contributed by atoms with van der Waals surface area (Å²) in [6.45, 7) is 2.67. The van der Waals surface area contributed by atoms with Crippen molar-refractivity contribution in [1.82, 2.24) is 5.32 Å². The average Bonchev–Trinajstić information content (AvgIpc) is 3.18. The van der Waals surface area contributed by atoms with Crippen LogP contribution in [0.5, 0.6) is 11.5 Å². The van der Waals surface area contributed by atoms with E-state index in [1.54, 1.807) is 18.5 Å². The Labute approximate surface area is 174 Å². The lowest BCUT2D eigenvalue weighted by molar-refractivity contribution is 0.102. The second-order valence-electron chi connectivity index (χ2n) is 6.74. The van der Waals surface area contributed by atoms with E-state index in [2.05, 4.69) is 10.3 Å². The third kappa shape index (κ3) is 4.05. The zero-order valence-corrected chi connectivity index (χ0v) is 16.8. The van der Waals surface area contributed by atoms with Crippen LogP contribution in [0.1, 0.15) is 29.3 Å². The molecule has 6 heteroatoms. The van der Waals surface area contributed by atoms with E-state index in [-0.39, 0.29) is 11.7 Å². The largest absolute Gasteiger partial charge is 0.489 e. The molecule has 0 amide bonds. The molecule has 0 fully saturated rings. The third-order valence-corrected chi connectivity index (χ3v) is 5.11. The Morgan fingerprint density at radius 1 is 1.21 bits per heavy atom. The van der Waals surface area contributed by atoms with E-state index in [4.69, 9.17) is 21.1 Å². The molecule has 2 aromatic rings. The molecule has 4 rings (SSSR count). The van der Waals surface area contributed by atoms with E-state index >= 15 is 0 Å². The molecule has 5 nitrogen and oxygen atoms in total. The number of aliphatic imine (C=N–C) groups is 1. The van der Waals surface area contributed by atoms with Crippen molar-refractivity contribution in [2.75, 3.05) is 6.61 Å². The van der Waals surface area contributed by atoms with Crippen molar-refractivity contribution < 1.29 is 14.3 Å². The van der Waals surface area contributed by atoms with Crippen molar-refractivity contribution >= 4 is 23.2 Å². The van der Waals surface area contributed by atoms with Gasteiger partial charge in [-0.05, 0) is 43.2 Å². The summed E-state index contributed by atoms with van der Waals surface area (Å²) in [6.07, 6.45) is 6.23. The second-order valence-corrected chi connectivity index (χ2v) is 7.18. The fourth-order valence-corrected chi connectivity index (χ4v) is 3.54. The molecule has 1 atom stereocenters. The molecule has 2 heterocycles. The minimum Gasteiger partial charge on any atom is -0.489 e. The van der Waals surface area contributed by atoms with Crippen LogP contribution in [-0.4, -0.2) is 18.2 Å². The number of allylic oxidation sites excluding steroid dienone is 1. The molecule has 2 aliphatic heterocycles. The Kier molecular flexibility index (Phi) is 5.67.